The lowest BCUT2D eigenvalue weighted by molar-refractivity contribution is 0.509. The molecule has 1 aromatic carbocycles. The zero-order chi connectivity index (χ0) is 14.0. The summed E-state index contributed by atoms with van der Waals surface area (Å²) in [6.07, 6.45) is 0. The number of hydrogen-bond acceptors (Lipinski definition) is 2. The maximum absolute atomic E-state index is 12.2. The summed E-state index contributed by atoms with van der Waals surface area (Å²) in [7, 11) is -3.63. The van der Waals surface area contributed by atoms with Crippen molar-refractivity contribution in [1.29, 1.82) is 0 Å². The molecule has 102 valence electrons. The predicted octanol–water partition coefficient (Wildman–Crippen LogP) is 3.82. The van der Waals surface area contributed by atoms with E-state index in [2.05, 4.69) is 36.6 Å². The first-order chi connectivity index (χ1) is 8.24. The van der Waals surface area contributed by atoms with Gasteiger partial charge in [0.15, 0.2) is 0 Å². The summed E-state index contributed by atoms with van der Waals surface area (Å²) >= 11 is 18.1. The van der Waals surface area contributed by atoms with Gasteiger partial charge in [-0.25, -0.2) is 13.1 Å². The van der Waals surface area contributed by atoms with Crippen LogP contribution in [0.1, 0.15) is 6.92 Å². The highest BCUT2D eigenvalue weighted by atomic mass is 79.9. The molecule has 0 bridgehead atoms. The Hall–Kier alpha value is 0.670. The van der Waals surface area contributed by atoms with Crippen molar-refractivity contribution >= 4 is 65.1 Å². The molecule has 0 amide bonds. The second-order valence-electron chi connectivity index (χ2n) is 4.01. The van der Waals surface area contributed by atoms with Crippen LogP contribution >= 0.6 is 55.1 Å². The van der Waals surface area contributed by atoms with Gasteiger partial charge >= 0.3 is 0 Å². The van der Waals surface area contributed by atoms with E-state index in [9.17, 15) is 8.42 Å². The number of hydrogen-bond donors (Lipinski definition) is 1. The fourth-order valence-corrected chi connectivity index (χ4v) is 4.49. The van der Waals surface area contributed by atoms with E-state index in [1.807, 2.05) is 0 Å². The van der Waals surface area contributed by atoms with Gasteiger partial charge in [0.1, 0.15) is 0 Å². The number of sulfonamides is 1. The average Bonchev–Trinajstić information content (AvgIpc) is 2.32. The lowest BCUT2D eigenvalue weighted by Gasteiger charge is -2.26. The molecule has 0 atom stereocenters. The van der Waals surface area contributed by atoms with E-state index in [1.54, 1.807) is 6.92 Å². The first-order valence-corrected chi connectivity index (χ1v) is 9.33. The normalized spacial score (nSPS) is 12.7. The van der Waals surface area contributed by atoms with Crippen molar-refractivity contribution in [3.8, 4) is 0 Å². The molecule has 0 spiro atoms. The van der Waals surface area contributed by atoms with Crippen LogP contribution in [0.5, 0.6) is 0 Å². The minimum atomic E-state index is -3.63. The van der Waals surface area contributed by atoms with Crippen molar-refractivity contribution < 1.29 is 8.42 Å². The summed E-state index contributed by atoms with van der Waals surface area (Å²) in [6.45, 7) is 1.78. The zero-order valence-electron chi connectivity index (χ0n) is 9.38. The molecule has 0 aromatic heterocycles. The molecular formula is C10H11Br2Cl2NO2S. The van der Waals surface area contributed by atoms with Crippen molar-refractivity contribution in [3.63, 3.8) is 0 Å². The van der Waals surface area contributed by atoms with Gasteiger partial charge < -0.3 is 0 Å². The lowest BCUT2D eigenvalue weighted by atomic mass is 10.1. The van der Waals surface area contributed by atoms with Crippen LogP contribution in [-0.2, 0) is 10.0 Å². The van der Waals surface area contributed by atoms with Crippen LogP contribution in [-0.4, -0.2) is 24.6 Å². The molecule has 0 saturated carbocycles. The van der Waals surface area contributed by atoms with Crippen LogP contribution in [0.4, 0.5) is 0 Å². The lowest BCUT2D eigenvalue weighted by Crippen LogP contribution is -2.48. The summed E-state index contributed by atoms with van der Waals surface area (Å²) in [5, 5.41) is 1.48. The minimum Gasteiger partial charge on any atom is -0.207 e. The monoisotopic (exact) mass is 437 g/mol. The maximum atomic E-state index is 12.2. The molecule has 1 aromatic rings. The fraction of sp³-hybridized carbons (Fsp3) is 0.400. The van der Waals surface area contributed by atoms with E-state index < -0.39 is 15.6 Å². The van der Waals surface area contributed by atoms with Crippen molar-refractivity contribution in [1.82, 2.24) is 4.72 Å². The van der Waals surface area contributed by atoms with Gasteiger partial charge in [0, 0.05) is 16.2 Å². The largest absolute Gasteiger partial charge is 0.241 e. The molecule has 1 rings (SSSR count). The molecule has 0 radical (unpaired) electrons. The van der Waals surface area contributed by atoms with Crippen LogP contribution < -0.4 is 4.72 Å². The van der Waals surface area contributed by atoms with Gasteiger partial charge in [-0.05, 0) is 25.1 Å². The fourth-order valence-electron chi connectivity index (χ4n) is 1.12. The van der Waals surface area contributed by atoms with Crippen molar-refractivity contribution in [2.75, 3.05) is 10.7 Å². The second kappa shape index (κ2) is 6.41. The summed E-state index contributed by atoms with van der Waals surface area (Å²) in [4.78, 5) is 0.0880. The van der Waals surface area contributed by atoms with Gasteiger partial charge in [-0.3, -0.25) is 0 Å². The van der Waals surface area contributed by atoms with E-state index in [4.69, 9.17) is 23.2 Å². The standard InChI is InChI=1S/C10H11Br2Cl2NO2S/c1-10(5-11,6-12)15-18(16,17)7-2-3-8(13)9(14)4-7/h2-4,15H,5-6H2,1H3. The van der Waals surface area contributed by atoms with E-state index >= 15 is 0 Å². The highest BCUT2D eigenvalue weighted by Gasteiger charge is 2.29. The number of nitrogens with one attached hydrogen (secondary N) is 1. The van der Waals surface area contributed by atoms with E-state index in [1.165, 1.54) is 18.2 Å². The number of benzene rings is 1. The van der Waals surface area contributed by atoms with Crippen LogP contribution in [0.25, 0.3) is 0 Å². The highest BCUT2D eigenvalue weighted by Crippen LogP contribution is 2.25. The molecule has 0 aliphatic heterocycles. The third-order valence-electron chi connectivity index (χ3n) is 2.17. The molecule has 18 heavy (non-hydrogen) atoms. The van der Waals surface area contributed by atoms with Gasteiger partial charge in [0.05, 0.1) is 14.9 Å². The Morgan fingerprint density at radius 3 is 2.22 bits per heavy atom. The zero-order valence-corrected chi connectivity index (χ0v) is 14.9. The molecule has 0 fully saturated rings. The van der Waals surface area contributed by atoms with Crippen molar-refractivity contribution in [2.24, 2.45) is 0 Å². The third kappa shape index (κ3) is 4.08. The average molecular weight is 440 g/mol. The Morgan fingerprint density at radius 2 is 1.78 bits per heavy atom. The molecule has 1 N–H and O–H groups in total. The van der Waals surface area contributed by atoms with Gasteiger partial charge in [-0.2, -0.15) is 0 Å². The molecule has 0 aliphatic rings. The SMILES string of the molecule is CC(CBr)(CBr)NS(=O)(=O)c1ccc(Cl)c(Cl)c1. The molecule has 0 saturated heterocycles. The summed E-state index contributed by atoms with van der Waals surface area (Å²) in [5.41, 5.74) is -0.620. The minimum absolute atomic E-state index is 0.0880. The van der Waals surface area contributed by atoms with Crippen LogP contribution in [0.3, 0.4) is 0 Å². The molecule has 3 nitrogen and oxygen atoms in total. The third-order valence-corrected chi connectivity index (χ3v) is 7.02. The molecule has 0 unspecified atom stereocenters. The Bertz CT molecular complexity index is 533. The Kier molecular flexibility index (Phi) is 5.96. The first kappa shape index (κ1) is 16.7. The topological polar surface area (TPSA) is 46.2 Å². The van der Waals surface area contributed by atoms with E-state index in [-0.39, 0.29) is 9.92 Å². The Morgan fingerprint density at radius 1 is 1.22 bits per heavy atom. The van der Waals surface area contributed by atoms with Crippen molar-refractivity contribution in [2.45, 2.75) is 17.4 Å². The molecular weight excluding hydrogens is 429 g/mol. The van der Waals surface area contributed by atoms with Gasteiger partial charge in [0.25, 0.3) is 0 Å². The Balaban J connectivity index is 3.10. The quantitative estimate of drug-likeness (QED) is 0.709. The van der Waals surface area contributed by atoms with Crippen LogP contribution in [0.2, 0.25) is 10.0 Å². The molecule has 0 aliphatic carbocycles. The van der Waals surface area contributed by atoms with Crippen LogP contribution in [0.15, 0.2) is 23.1 Å². The van der Waals surface area contributed by atoms with Crippen LogP contribution in [0, 0.1) is 0 Å². The Labute approximate surface area is 134 Å². The highest BCUT2D eigenvalue weighted by molar-refractivity contribution is 9.09. The predicted molar refractivity (Wildman–Crippen MR) is 82.8 cm³/mol. The van der Waals surface area contributed by atoms with Crippen molar-refractivity contribution in [3.05, 3.63) is 28.2 Å². The molecule has 8 heteroatoms. The second-order valence-corrected chi connectivity index (χ2v) is 7.63. The molecule has 0 heterocycles. The van der Waals surface area contributed by atoms with E-state index in [0.717, 1.165) is 0 Å². The number of rotatable bonds is 5. The van der Waals surface area contributed by atoms with E-state index in [0.29, 0.717) is 15.7 Å². The summed E-state index contributed by atoms with van der Waals surface area (Å²) in [6, 6.07) is 4.20. The maximum Gasteiger partial charge on any atom is 0.241 e. The summed E-state index contributed by atoms with van der Waals surface area (Å²) in [5.74, 6) is 0. The smallest absolute Gasteiger partial charge is 0.207 e. The number of alkyl halides is 2. The van der Waals surface area contributed by atoms with Gasteiger partial charge in [-0.1, -0.05) is 55.1 Å². The van der Waals surface area contributed by atoms with Gasteiger partial charge in [-0.15, -0.1) is 0 Å². The van der Waals surface area contributed by atoms with Gasteiger partial charge in [0.2, 0.25) is 10.0 Å². The number of halogens is 4. The summed E-state index contributed by atoms with van der Waals surface area (Å²) < 4.78 is 27.0. The first-order valence-electron chi connectivity index (χ1n) is 4.85.